The van der Waals surface area contributed by atoms with E-state index in [1.165, 1.54) is 25.7 Å². The van der Waals surface area contributed by atoms with Gasteiger partial charge in [0.15, 0.2) is 0 Å². The lowest BCUT2D eigenvalue weighted by molar-refractivity contribution is 0.169. The van der Waals surface area contributed by atoms with Crippen LogP contribution in [0.15, 0.2) is 18.2 Å². The van der Waals surface area contributed by atoms with E-state index in [0.29, 0.717) is 0 Å². The first-order valence-electron chi connectivity index (χ1n) is 7.49. The number of unbranched alkanes of at least 4 members (excludes halogenated alkanes) is 5. The Kier molecular flexibility index (Phi) is 8.38. The number of benzene rings is 1. The number of hydrogen-bond acceptors (Lipinski definition) is 2. The normalized spacial score (nSPS) is 12.6. The van der Waals surface area contributed by atoms with Crippen molar-refractivity contribution in [1.82, 2.24) is 5.32 Å². The molecule has 0 aliphatic rings. The van der Waals surface area contributed by atoms with Gasteiger partial charge in [-0.1, -0.05) is 39.0 Å². The van der Waals surface area contributed by atoms with Crippen molar-refractivity contribution in [2.45, 2.75) is 51.6 Å². The van der Waals surface area contributed by atoms with Crippen LogP contribution in [-0.4, -0.2) is 18.2 Å². The molecule has 0 radical (unpaired) electrons. The van der Waals surface area contributed by atoms with Crippen molar-refractivity contribution < 1.29 is 13.9 Å². The first-order valence-corrected chi connectivity index (χ1v) is 7.49. The summed E-state index contributed by atoms with van der Waals surface area (Å²) in [5.74, 6) is -1.10. The standard InChI is InChI=1S/C16H25F2NO/c1-2-3-4-5-6-7-10-19-12-16(20)14-11-13(17)8-9-15(14)18/h8-9,11,16,19-20H,2-7,10,12H2,1H3. The van der Waals surface area contributed by atoms with E-state index in [9.17, 15) is 13.9 Å². The average Bonchev–Trinajstić information content (AvgIpc) is 2.44. The number of rotatable bonds is 10. The molecule has 0 amide bonds. The number of aliphatic hydroxyl groups excluding tert-OH is 1. The molecule has 0 bridgehead atoms. The van der Waals surface area contributed by atoms with Crippen molar-refractivity contribution in [2.24, 2.45) is 0 Å². The molecule has 1 aromatic rings. The van der Waals surface area contributed by atoms with Crippen LogP contribution >= 0.6 is 0 Å². The molecular formula is C16H25F2NO. The fourth-order valence-electron chi connectivity index (χ4n) is 2.15. The first-order chi connectivity index (χ1) is 9.65. The summed E-state index contributed by atoms with van der Waals surface area (Å²) in [4.78, 5) is 0. The topological polar surface area (TPSA) is 32.3 Å². The van der Waals surface area contributed by atoms with Gasteiger partial charge in [0.25, 0.3) is 0 Å². The zero-order valence-electron chi connectivity index (χ0n) is 12.2. The Hall–Kier alpha value is -1.00. The molecular weight excluding hydrogens is 260 g/mol. The third-order valence-electron chi connectivity index (χ3n) is 3.36. The molecule has 4 heteroatoms. The maximum absolute atomic E-state index is 13.4. The van der Waals surface area contributed by atoms with E-state index in [2.05, 4.69) is 12.2 Å². The summed E-state index contributed by atoms with van der Waals surface area (Å²) < 4.78 is 26.4. The van der Waals surface area contributed by atoms with E-state index in [1.807, 2.05) is 0 Å². The van der Waals surface area contributed by atoms with E-state index in [1.54, 1.807) is 0 Å². The van der Waals surface area contributed by atoms with Crippen molar-refractivity contribution in [2.75, 3.05) is 13.1 Å². The van der Waals surface area contributed by atoms with Crippen molar-refractivity contribution in [3.05, 3.63) is 35.4 Å². The SMILES string of the molecule is CCCCCCCCNCC(O)c1cc(F)ccc1F. The molecule has 1 aromatic carbocycles. The van der Waals surface area contributed by atoms with Crippen molar-refractivity contribution in [1.29, 1.82) is 0 Å². The minimum atomic E-state index is -1.01. The molecule has 0 spiro atoms. The molecule has 2 N–H and O–H groups in total. The largest absolute Gasteiger partial charge is 0.387 e. The van der Waals surface area contributed by atoms with Crippen molar-refractivity contribution >= 4 is 0 Å². The average molecular weight is 285 g/mol. The molecule has 1 atom stereocenters. The minimum Gasteiger partial charge on any atom is -0.387 e. The van der Waals surface area contributed by atoms with Gasteiger partial charge in [0.05, 0.1) is 6.10 Å². The molecule has 0 saturated heterocycles. The molecule has 114 valence electrons. The van der Waals surface area contributed by atoms with E-state index < -0.39 is 17.7 Å². The van der Waals surface area contributed by atoms with Gasteiger partial charge in [0.2, 0.25) is 0 Å². The Bertz CT molecular complexity index is 385. The van der Waals surface area contributed by atoms with E-state index in [-0.39, 0.29) is 12.1 Å². The molecule has 0 heterocycles. The highest BCUT2D eigenvalue weighted by Gasteiger charge is 2.13. The molecule has 1 unspecified atom stereocenters. The summed E-state index contributed by atoms with van der Waals surface area (Å²) in [6.07, 6.45) is 6.23. The summed E-state index contributed by atoms with van der Waals surface area (Å²) in [5, 5.41) is 12.9. The zero-order valence-corrected chi connectivity index (χ0v) is 12.2. The molecule has 2 nitrogen and oxygen atoms in total. The minimum absolute atomic E-state index is 0.0143. The maximum atomic E-state index is 13.4. The summed E-state index contributed by atoms with van der Waals surface area (Å²) in [6.45, 7) is 3.23. The molecule has 0 aliphatic carbocycles. The van der Waals surface area contributed by atoms with Gasteiger partial charge in [-0.2, -0.15) is 0 Å². The van der Waals surface area contributed by atoms with E-state index in [4.69, 9.17) is 0 Å². The maximum Gasteiger partial charge on any atom is 0.129 e. The van der Waals surface area contributed by atoms with Gasteiger partial charge in [0.1, 0.15) is 11.6 Å². The van der Waals surface area contributed by atoms with Crippen LogP contribution < -0.4 is 5.32 Å². The van der Waals surface area contributed by atoms with Crippen LogP contribution in [0.1, 0.15) is 57.1 Å². The highest BCUT2D eigenvalue weighted by molar-refractivity contribution is 5.21. The first kappa shape index (κ1) is 17.1. The Morgan fingerprint density at radius 2 is 1.80 bits per heavy atom. The predicted molar refractivity (Wildman–Crippen MR) is 77.6 cm³/mol. The van der Waals surface area contributed by atoms with Gasteiger partial charge < -0.3 is 10.4 Å². The van der Waals surface area contributed by atoms with E-state index in [0.717, 1.165) is 37.6 Å². The predicted octanol–water partition coefficient (Wildman–Crippen LogP) is 3.95. The number of hydrogen-bond donors (Lipinski definition) is 2. The summed E-state index contributed by atoms with van der Waals surface area (Å²) in [6, 6.07) is 3.14. The Balaban J connectivity index is 2.17. The lowest BCUT2D eigenvalue weighted by atomic mass is 10.1. The van der Waals surface area contributed by atoms with Crippen LogP contribution in [0.5, 0.6) is 0 Å². The van der Waals surface area contributed by atoms with Crippen LogP contribution in [0.3, 0.4) is 0 Å². The van der Waals surface area contributed by atoms with Crippen LogP contribution in [-0.2, 0) is 0 Å². The Morgan fingerprint density at radius 3 is 2.55 bits per heavy atom. The van der Waals surface area contributed by atoms with Gasteiger partial charge >= 0.3 is 0 Å². The van der Waals surface area contributed by atoms with Gasteiger partial charge in [0, 0.05) is 12.1 Å². The molecule has 0 saturated carbocycles. The quantitative estimate of drug-likeness (QED) is 0.638. The summed E-state index contributed by atoms with van der Waals surface area (Å²) >= 11 is 0. The molecule has 0 aromatic heterocycles. The molecule has 0 aliphatic heterocycles. The monoisotopic (exact) mass is 285 g/mol. The third-order valence-corrected chi connectivity index (χ3v) is 3.36. The fourth-order valence-corrected chi connectivity index (χ4v) is 2.15. The molecule has 1 rings (SSSR count). The van der Waals surface area contributed by atoms with Gasteiger partial charge in [-0.05, 0) is 31.2 Å². The van der Waals surface area contributed by atoms with Crippen LogP contribution in [0.2, 0.25) is 0 Å². The fraction of sp³-hybridized carbons (Fsp3) is 0.625. The van der Waals surface area contributed by atoms with Crippen molar-refractivity contribution in [3.63, 3.8) is 0 Å². The number of aliphatic hydroxyl groups is 1. The van der Waals surface area contributed by atoms with Crippen LogP contribution in [0, 0.1) is 11.6 Å². The Morgan fingerprint density at radius 1 is 1.10 bits per heavy atom. The molecule has 0 fully saturated rings. The van der Waals surface area contributed by atoms with Gasteiger partial charge in [-0.3, -0.25) is 0 Å². The lowest BCUT2D eigenvalue weighted by Gasteiger charge is -2.13. The smallest absolute Gasteiger partial charge is 0.129 e. The molecule has 20 heavy (non-hydrogen) atoms. The Labute approximate surface area is 120 Å². The highest BCUT2D eigenvalue weighted by atomic mass is 19.1. The van der Waals surface area contributed by atoms with Gasteiger partial charge in [-0.15, -0.1) is 0 Å². The van der Waals surface area contributed by atoms with Crippen molar-refractivity contribution in [3.8, 4) is 0 Å². The summed E-state index contributed by atoms with van der Waals surface area (Å²) in [7, 11) is 0. The van der Waals surface area contributed by atoms with E-state index >= 15 is 0 Å². The number of nitrogens with one attached hydrogen (secondary N) is 1. The summed E-state index contributed by atoms with van der Waals surface area (Å²) in [5.41, 5.74) is 0.0143. The van der Waals surface area contributed by atoms with Gasteiger partial charge in [-0.25, -0.2) is 8.78 Å². The highest BCUT2D eigenvalue weighted by Crippen LogP contribution is 2.17. The van der Waals surface area contributed by atoms with Crippen LogP contribution in [0.4, 0.5) is 8.78 Å². The second kappa shape index (κ2) is 9.83. The third kappa shape index (κ3) is 6.44. The number of halogens is 2. The second-order valence-corrected chi connectivity index (χ2v) is 5.15. The zero-order chi connectivity index (χ0) is 14.8. The van der Waals surface area contributed by atoms with Crippen LogP contribution in [0.25, 0.3) is 0 Å². The second-order valence-electron chi connectivity index (χ2n) is 5.15. The lowest BCUT2D eigenvalue weighted by Crippen LogP contribution is -2.23.